The Labute approximate surface area is 171 Å². The van der Waals surface area contributed by atoms with Crippen LogP contribution < -0.4 is 14.7 Å². The Kier molecular flexibility index (Phi) is 5.31. The average Bonchev–Trinajstić information content (AvgIpc) is 2.65. The lowest BCUT2D eigenvalue weighted by atomic mass is 9.77. The molecule has 3 aromatic rings. The second kappa shape index (κ2) is 7.54. The van der Waals surface area contributed by atoms with Gasteiger partial charge in [-0.05, 0) is 33.5 Å². The molecular weight excluding hydrogens is 430 g/mol. The standard InChI is InChI=1S/C20H18O8P2/c21-29(22,23)27-20(28-30(24,25)26)13-12-15-7-2-4-10-17(15)19(20)18-11-5-8-14-6-1-3-9-16(14)18/h1-13,19H,(H2,21,22,23)(H2,24,25,26)/p-3. The summed E-state index contributed by atoms with van der Waals surface area (Å²) < 4.78 is 32.8. The van der Waals surface area contributed by atoms with Gasteiger partial charge in [-0.3, -0.25) is 9.09 Å². The molecule has 3 unspecified atom stereocenters. The lowest BCUT2D eigenvalue weighted by molar-refractivity contribution is -0.359. The van der Waals surface area contributed by atoms with Crippen LogP contribution in [0.15, 0.2) is 72.8 Å². The van der Waals surface area contributed by atoms with Crippen LogP contribution in [0.4, 0.5) is 0 Å². The van der Waals surface area contributed by atoms with E-state index in [1.165, 1.54) is 6.08 Å². The van der Waals surface area contributed by atoms with E-state index in [2.05, 4.69) is 0 Å². The summed E-state index contributed by atoms with van der Waals surface area (Å²) in [6.45, 7) is 0. The van der Waals surface area contributed by atoms with Crippen LogP contribution in [0.3, 0.4) is 0 Å². The van der Waals surface area contributed by atoms with Crippen molar-refractivity contribution in [3.8, 4) is 0 Å². The monoisotopic (exact) mass is 445 g/mol. The molecule has 0 fully saturated rings. The minimum atomic E-state index is -5.76. The maximum atomic E-state index is 11.7. The van der Waals surface area contributed by atoms with E-state index in [0.29, 0.717) is 22.1 Å². The summed E-state index contributed by atoms with van der Waals surface area (Å²) in [7, 11) is -11.3. The average molecular weight is 445 g/mol. The number of hydrogen-bond donors (Lipinski definition) is 1. The minimum absolute atomic E-state index is 0.451. The highest BCUT2D eigenvalue weighted by atomic mass is 31.2. The maximum absolute atomic E-state index is 11.7. The molecule has 10 heteroatoms. The first-order valence-corrected chi connectivity index (χ1v) is 11.8. The Balaban J connectivity index is 2.05. The Bertz CT molecular complexity index is 1200. The molecule has 0 spiro atoms. The number of fused-ring (bicyclic) bond motifs is 2. The van der Waals surface area contributed by atoms with Crippen molar-refractivity contribution in [2.45, 2.75) is 11.7 Å². The third kappa shape index (κ3) is 4.18. The summed E-state index contributed by atoms with van der Waals surface area (Å²) in [6, 6.07) is 19.1. The molecule has 0 heterocycles. The van der Waals surface area contributed by atoms with Crippen molar-refractivity contribution < 1.29 is 37.8 Å². The fourth-order valence-corrected chi connectivity index (χ4v) is 5.04. The van der Waals surface area contributed by atoms with Crippen molar-refractivity contribution in [2.75, 3.05) is 0 Å². The van der Waals surface area contributed by atoms with Gasteiger partial charge in [0.15, 0.2) is 0 Å². The van der Waals surface area contributed by atoms with Gasteiger partial charge in [0.05, 0.1) is 13.7 Å². The second-order valence-electron chi connectivity index (χ2n) is 6.78. The number of hydrogen-bond acceptors (Lipinski definition) is 7. The van der Waals surface area contributed by atoms with E-state index >= 15 is 0 Å². The van der Waals surface area contributed by atoms with E-state index in [4.69, 9.17) is 9.05 Å². The van der Waals surface area contributed by atoms with Gasteiger partial charge in [-0.2, -0.15) is 0 Å². The molecule has 156 valence electrons. The van der Waals surface area contributed by atoms with Crippen LogP contribution in [-0.4, -0.2) is 10.7 Å². The molecule has 30 heavy (non-hydrogen) atoms. The summed E-state index contributed by atoms with van der Waals surface area (Å²) in [4.78, 5) is 44.3. The van der Waals surface area contributed by atoms with E-state index in [1.54, 1.807) is 48.5 Å². The van der Waals surface area contributed by atoms with Crippen molar-refractivity contribution in [1.29, 1.82) is 0 Å². The fourth-order valence-electron chi connectivity index (χ4n) is 3.87. The summed E-state index contributed by atoms with van der Waals surface area (Å²) in [5.41, 5.74) is 1.55. The molecule has 0 bridgehead atoms. The van der Waals surface area contributed by atoms with E-state index in [-0.39, 0.29) is 0 Å². The van der Waals surface area contributed by atoms with Gasteiger partial charge in [0, 0.05) is 0 Å². The molecule has 0 aliphatic heterocycles. The van der Waals surface area contributed by atoms with Crippen molar-refractivity contribution in [3.05, 3.63) is 89.5 Å². The molecule has 0 amide bonds. The zero-order chi connectivity index (χ0) is 21.6. The summed E-state index contributed by atoms with van der Waals surface area (Å²) in [5, 5.41) is 1.45. The Morgan fingerprint density at radius 2 is 1.47 bits per heavy atom. The molecule has 0 radical (unpaired) electrons. The van der Waals surface area contributed by atoms with Gasteiger partial charge in [0.2, 0.25) is 5.79 Å². The molecule has 0 saturated heterocycles. The van der Waals surface area contributed by atoms with Crippen LogP contribution in [-0.2, 0) is 18.2 Å². The molecule has 1 aliphatic rings. The fraction of sp³-hybridized carbons (Fsp3) is 0.100. The molecule has 1 aliphatic carbocycles. The molecule has 8 nitrogen and oxygen atoms in total. The van der Waals surface area contributed by atoms with Gasteiger partial charge in [-0.1, -0.05) is 72.8 Å². The number of phosphoric ester groups is 2. The maximum Gasteiger partial charge on any atom is 0.268 e. The number of phosphoric acid groups is 2. The van der Waals surface area contributed by atoms with Crippen LogP contribution in [0.5, 0.6) is 0 Å². The van der Waals surface area contributed by atoms with E-state index in [9.17, 15) is 28.7 Å². The largest absolute Gasteiger partial charge is 0.790 e. The molecular formula is C20H15O8P2-3. The zero-order valence-electron chi connectivity index (χ0n) is 15.3. The highest BCUT2D eigenvalue weighted by Gasteiger charge is 2.47. The SMILES string of the molecule is O=P([O-])([O-])OC1(OP(=O)([O-])O)C=Cc2ccccc2C1c1cccc2ccccc12. The Hall–Kier alpha value is -2.12. The minimum Gasteiger partial charge on any atom is -0.790 e. The Morgan fingerprint density at radius 3 is 2.20 bits per heavy atom. The van der Waals surface area contributed by atoms with Crippen LogP contribution in [0.1, 0.15) is 22.6 Å². The highest BCUT2D eigenvalue weighted by Crippen LogP contribution is 2.55. The lowest BCUT2D eigenvalue weighted by Gasteiger charge is -2.47. The highest BCUT2D eigenvalue weighted by molar-refractivity contribution is 7.45. The topological polar surface area (TPSA) is 142 Å². The predicted octanol–water partition coefficient (Wildman–Crippen LogP) is 2.02. The molecule has 0 aromatic heterocycles. The van der Waals surface area contributed by atoms with Crippen molar-refractivity contribution in [3.63, 3.8) is 0 Å². The van der Waals surface area contributed by atoms with Crippen molar-refractivity contribution in [2.24, 2.45) is 0 Å². The van der Waals surface area contributed by atoms with Crippen LogP contribution in [0.25, 0.3) is 16.8 Å². The first kappa shape index (κ1) is 21.1. The second-order valence-corrected chi connectivity index (χ2v) is 8.98. The molecule has 1 N–H and O–H groups in total. The summed E-state index contributed by atoms with van der Waals surface area (Å²) >= 11 is 0. The number of benzene rings is 3. The van der Waals surface area contributed by atoms with Gasteiger partial charge in [-0.25, -0.2) is 0 Å². The zero-order valence-corrected chi connectivity index (χ0v) is 17.1. The van der Waals surface area contributed by atoms with Crippen LogP contribution >= 0.6 is 15.6 Å². The molecule has 3 atom stereocenters. The summed E-state index contributed by atoms with van der Waals surface area (Å²) in [6.07, 6.45) is 2.40. The van der Waals surface area contributed by atoms with Crippen molar-refractivity contribution in [1.82, 2.24) is 0 Å². The van der Waals surface area contributed by atoms with Gasteiger partial charge < -0.3 is 28.7 Å². The smallest absolute Gasteiger partial charge is 0.268 e. The van der Waals surface area contributed by atoms with Crippen molar-refractivity contribution >= 4 is 32.5 Å². The molecule has 3 aromatic carbocycles. The Morgan fingerprint density at radius 1 is 0.833 bits per heavy atom. The first-order chi connectivity index (χ1) is 14.1. The number of rotatable bonds is 5. The third-order valence-electron chi connectivity index (χ3n) is 4.85. The normalized spacial score (nSPS) is 23.1. The third-order valence-corrected chi connectivity index (χ3v) is 5.88. The van der Waals surface area contributed by atoms with Gasteiger partial charge in [0.1, 0.15) is 0 Å². The van der Waals surface area contributed by atoms with Gasteiger partial charge >= 0.3 is 0 Å². The predicted molar refractivity (Wildman–Crippen MR) is 104 cm³/mol. The van der Waals surface area contributed by atoms with E-state index in [0.717, 1.165) is 11.5 Å². The summed E-state index contributed by atoms with van der Waals surface area (Å²) in [5.74, 6) is -3.83. The van der Waals surface area contributed by atoms with Crippen LogP contribution in [0, 0.1) is 0 Å². The van der Waals surface area contributed by atoms with E-state index < -0.39 is 27.4 Å². The van der Waals surface area contributed by atoms with Crippen LogP contribution in [0.2, 0.25) is 0 Å². The first-order valence-electron chi connectivity index (χ1n) is 8.81. The quantitative estimate of drug-likeness (QED) is 0.464. The van der Waals surface area contributed by atoms with E-state index in [1.807, 2.05) is 18.2 Å². The molecule has 0 saturated carbocycles. The van der Waals surface area contributed by atoms with Gasteiger partial charge in [-0.15, -0.1) is 0 Å². The lowest BCUT2D eigenvalue weighted by Crippen LogP contribution is -2.44. The molecule has 4 rings (SSSR count). The van der Waals surface area contributed by atoms with Gasteiger partial charge in [0.25, 0.3) is 7.82 Å².